The monoisotopic (exact) mass is 283 g/mol. The summed E-state index contributed by atoms with van der Waals surface area (Å²) in [5, 5.41) is 3.43. The highest BCUT2D eigenvalue weighted by Gasteiger charge is 2.24. The molecule has 0 unspecified atom stereocenters. The third kappa shape index (κ3) is 5.68. The first-order chi connectivity index (χ1) is 9.90. The average Bonchev–Trinajstić information content (AvgIpc) is 2.52. The fraction of sp³-hybridized carbons (Fsp3) is 1.00. The van der Waals surface area contributed by atoms with Crippen molar-refractivity contribution in [1.29, 1.82) is 0 Å². The quantitative estimate of drug-likeness (QED) is 0.684. The molecule has 0 aromatic carbocycles. The normalized spacial score (nSPS) is 23.2. The molecule has 0 bridgehead atoms. The van der Waals surface area contributed by atoms with Gasteiger partial charge in [0.2, 0.25) is 0 Å². The molecule has 2 saturated heterocycles. The van der Waals surface area contributed by atoms with E-state index in [0.717, 1.165) is 25.7 Å². The van der Waals surface area contributed by atoms with E-state index in [9.17, 15) is 0 Å². The summed E-state index contributed by atoms with van der Waals surface area (Å²) in [5.41, 5.74) is 0. The second-order valence-corrected chi connectivity index (χ2v) is 6.27. The minimum Gasteiger partial charge on any atom is -0.383 e. The van der Waals surface area contributed by atoms with Crippen LogP contribution in [0.1, 0.15) is 38.5 Å². The van der Waals surface area contributed by atoms with Crippen LogP contribution in [-0.4, -0.2) is 75.4 Å². The predicted octanol–water partition coefficient (Wildman–Crippen LogP) is 1.56. The lowest BCUT2D eigenvalue weighted by atomic mass is 10.00. The molecular formula is C16H33N3O. The average molecular weight is 283 g/mol. The van der Waals surface area contributed by atoms with Crippen molar-refractivity contribution in [2.45, 2.75) is 44.6 Å². The smallest absolute Gasteiger partial charge is 0.0587 e. The summed E-state index contributed by atoms with van der Waals surface area (Å²) in [7, 11) is 1.76. The van der Waals surface area contributed by atoms with Crippen molar-refractivity contribution in [2.75, 3.05) is 59.5 Å². The Bertz CT molecular complexity index is 236. The zero-order valence-corrected chi connectivity index (χ0v) is 13.3. The van der Waals surface area contributed by atoms with Crippen molar-refractivity contribution in [3.63, 3.8) is 0 Å². The van der Waals surface area contributed by atoms with Crippen molar-refractivity contribution in [1.82, 2.24) is 15.1 Å². The molecule has 0 radical (unpaired) electrons. The summed E-state index contributed by atoms with van der Waals surface area (Å²) in [4.78, 5) is 5.41. The Morgan fingerprint density at radius 1 is 1.00 bits per heavy atom. The number of piperidine rings is 2. The van der Waals surface area contributed by atoms with Crippen molar-refractivity contribution in [2.24, 2.45) is 0 Å². The standard InChI is InChI=1S/C16H33N3O/c1-20-15-9-17-8-5-10-18-13-6-16(7-14-18)19-11-3-2-4-12-19/h16-17H,2-15H2,1H3. The van der Waals surface area contributed by atoms with Crippen LogP contribution in [0.4, 0.5) is 0 Å². The molecule has 2 heterocycles. The van der Waals surface area contributed by atoms with Gasteiger partial charge in [0, 0.05) is 19.7 Å². The highest BCUT2D eigenvalue weighted by Crippen LogP contribution is 2.20. The first-order valence-corrected chi connectivity index (χ1v) is 8.56. The van der Waals surface area contributed by atoms with E-state index in [1.807, 2.05) is 0 Å². The van der Waals surface area contributed by atoms with E-state index in [2.05, 4.69) is 15.1 Å². The van der Waals surface area contributed by atoms with Gasteiger partial charge in [-0.1, -0.05) is 6.42 Å². The molecule has 0 atom stereocenters. The van der Waals surface area contributed by atoms with Gasteiger partial charge in [-0.25, -0.2) is 0 Å². The van der Waals surface area contributed by atoms with E-state index in [1.165, 1.54) is 71.2 Å². The lowest BCUT2D eigenvalue weighted by Gasteiger charge is -2.40. The van der Waals surface area contributed by atoms with Gasteiger partial charge in [0.05, 0.1) is 6.61 Å². The number of hydrogen-bond acceptors (Lipinski definition) is 4. The maximum Gasteiger partial charge on any atom is 0.0587 e. The molecule has 4 heteroatoms. The fourth-order valence-electron chi connectivity index (χ4n) is 3.52. The molecule has 1 N–H and O–H groups in total. The Morgan fingerprint density at radius 3 is 2.45 bits per heavy atom. The number of ether oxygens (including phenoxy) is 1. The Balaban J connectivity index is 1.50. The van der Waals surface area contributed by atoms with E-state index in [1.54, 1.807) is 7.11 Å². The van der Waals surface area contributed by atoms with Crippen LogP contribution in [0.25, 0.3) is 0 Å². The van der Waals surface area contributed by atoms with Crippen LogP contribution in [0.5, 0.6) is 0 Å². The topological polar surface area (TPSA) is 27.7 Å². The molecule has 2 aliphatic heterocycles. The predicted molar refractivity (Wildman–Crippen MR) is 84.2 cm³/mol. The van der Waals surface area contributed by atoms with Gasteiger partial charge in [-0.3, -0.25) is 0 Å². The number of methoxy groups -OCH3 is 1. The second kappa shape index (κ2) is 9.72. The van der Waals surface area contributed by atoms with Gasteiger partial charge in [-0.15, -0.1) is 0 Å². The third-order valence-corrected chi connectivity index (χ3v) is 4.78. The van der Waals surface area contributed by atoms with E-state index in [-0.39, 0.29) is 0 Å². The lowest BCUT2D eigenvalue weighted by Crippen LogP contribution is -2.47. The zero-order valence-electron chi connectivity index (χ0n) is 13.3. The highest BCUT2D eigenvalue weighted by molar-refractivity contribution is 4.81. The molecule has 2 aliphatic rings. The number of likely N-dealkylation sites (tertiary alicyclic amines) is 2. The molecule has 0 aromatic heterocycles. The maximum atomic E-state index is 5.03. The molecule has 2 fully saturated rings. The SMILES string of the molecule is COCCNCCCN1CCC(N2CCCCC2)CC1. The summed E-state index contributed by atoms with van der Waals surface area (Å²) >= 11 is 0. The maximum absolute atomic E-state index is 5.03. The molecule has 2 rings (SSSR count). The van der Waals surface area contributed by atoms with Crippen LogP contribution in [0.2, 0.25) is 0 Å². The highest BCUT2D eigenvalue weighted by atomic mass is 16.5. The Hall–Kier alpha value is -0.160. The zero-order chi connectivity index (χ0) is 14.0. The Labute approximate surface area is 124 Å². The van der Waals surface area contributed by atoms with Gasteiger partial charge >= 0.3 is 0 Å². The summed E-state index contributed by atoms with van der Waals surface area (Å²) < 4.78 is 5.03. The molecular weight excluding hydrogens is 250 g/mol. The third-order valence-electron chi connectivity index (χ3n) is 4.78. The minimum absolute atomic E-state index is 0.821. The summed E-state index contributed by atoms with van der Waals surface area (Å²) in [6.07, 6.45) is 8.33. The largest absolute Gasteiger partial charge is 0.383 e. The van der Waals surface area contributed by atoms with Crippen LogP contribution in [-0.2, 0) is 4.74 Å². The van der Waals surface area contributed by atoms with Crippen molar-refractivity contribution >= 4 is 0 Å². The molecule has 0 amide bonds. The van der Waals surface area contributed by atoms with Gasteiger partial charge in [-0.05, 0) is 71.4 Å². The summed E-state index contributed by atoms with van der Waals surface area (Å²) in [6, 6.07) is 0.881. The molecule has 0 aliphatic carbocycles. The lowest BCUT2D eigenvalue weighted by molar-refractivity contribution is 0.0920. The minimum atomic E-state index is 0.821. The van der Waals surface area contributed by atoms with Crippen LogP contribution in [0.3, 0.4) is 0 Å². The first-order valence-electron chi connectivity index (χ1n) is 8.56. The molecule has 0 saturated carbocycles. The number of nitrogens with one attached hydrogen (secondary N) is 1. The second-order valence-electron chi connectivity index (χ2n) is 6.27. The van der Waals surface area contributed by atoms with Crippen molar-refractivity contribution in [3.8, 4) is 0 Å². The Kier molecular flexibility index (Phi) is 7.88. The molecule has 118 valence electrons. The van der Waals surface area contributed by atoms with Gasteiger partial charge in [0.15, 0.2) is 0 Å². The van der Waals surface area contributed by atoms with Gasteiger partial charge in [0.25, 0.3) is 0 Å². The fourth-order valence-corrected chi connectivity index (χ4v) is 3.52. The molecule has 0 aromatic rings. The summed E-state index contributed by atoms with van der Waals surface area (Å²) in [5.74, 6) is 0. The molecule has 4 nitrogen and oxygen atoms in total. The van der Waals surface area contributed by atoms with Crippen LogP contribution in [0.15, 0.2) is 0 Å². The van der Waals surface area contributed by atoms with Crippen LogP contribution in [0, 0.1) is 0 Å². The van der Waals surface area contributed by atoms with Crippen LogP contribution < -0.4 is 5.32 Å². The van der Waals surface area contributed by atoms with E-state index >= 15 is 0 Å². The van der Waals surface area contributed by atoms with E-state index in [4.69, 9.17) is 4.74 Å². The van der Waals surface area contributed by atoms with E-state index < -0.39 is 0 Å². The number of hydrogen-bond donors (Lipinski definition) is 1. The molecule has 0 spiro atoms. The van der Waals surface area contributed by atoms with Gasteiger partial charge < -0.3 is 19.9 Å². The molecule has 20 heavy (non-hydrogen) atoms. The number of nitrogens with zero attached hydrogens (tertiary/aromatic N) is 2. The van der Waals surface area contributed by atoms with Gasteiger partial charge in [-0.2, -0.15) is 0 Å². The van der Waals surface area contributed by atoms with Crippen molar-refractivity contribution in [3.05, 3.63) is 0 Å². The first kappa shape index (κ1) is 16.2. The van der Waals surface area contributed by atoms with Crippen molar-refractivity contribution < 1.29 is 4.74 Å². The Morgan fingerprint density at radius 2 is 1.75 bits per heavy atom. The summed E-state index contributed by atoms with van der Waals surface area (Å²) in [6.45, 7) is 9.50. The van der Waals surface area contributed by atoms with Gasteiger partial charge in [0.1, 0.15) is 0 Å². The van der Waals surface area contributed by atoms with E-state index in [0.29, 0.717) is 0 Å². The van der Waals surface area contributed by atoms with Crippen LogP contribution >= 0.6 is 0 Å². The number of rotatable bonds is 8.